The summed E-state index contributed by atoms with van der Waals surface area (Å²) >= 11 is 9.30. The van der Waals surface area contributed by atoms with Crippen LogP contribution in [-0.4, -0.2) is 0 Å². The Kier molecular flexibility index (Phi) is 5.19. The van der Waals surface area contributed by atoms with Gasteiger partial charge in [-0.1, -0.05) is 45.7 Å². The maximum Gasteiger partial charge on any atom is 0.141 e. The molecule has 1 nitrogen and oxygen atoms in total. The molecule has 0 amide bonds. The molecule has 0 aliphatic heterocycles. The Balaban J connectivity index is 2.10. The zero-order valence-electron chi connectivity index (χ0n) is 11.3. The second-order valence-corrected chi connectivity index (χ2v) is 6.16. The van der Waals surface area contributed by atoms with Crippen LogP contribution < -0.4 is 5.32 Å². The predicted octanol–water partition coefficient (Wildman–Crippen LogP) is 5.65. The zero-order valence-corrected chi connectivity index (χ0v) is 13.7. The van der Waals surface area contributed by atoms with Gasteiger partial charge in [0.2, 0.25) is 0 Å². The Labute approximate surface area is 132 Å². The third-order valence-corrected chi connectivity index (χ3v) is 4.08. The third kappa shape index (κ3) is 3.81. The van der Waals surface area contributed by atoms with E-state index in [1.54, 1.807) is 12.1 Å². The van der Waals surface area contributed by atoms with Crippen LogP contribution in [0.2, 0.25) is 5.02 Å². The monoisotopic (exact) mass is 355 g/mol. The summed E-state index contributed by atoms with van der Waals surface area (Å²) in [4.78, 5) is 0. The second-order valence-electron chi connectivity index (χ2n) is 4.84. The van der Waals surface area contributed by atoms with E-state index in [1.165, 1.54) is 11.6 Å². The molecule has 0 radical (unpaired) electrons. The van der Waals surface area contributed by atoms with E-state index in [1.807, 2.05) is 19.1 Å². The molecule has 0 bridgehead atoms. The molecule has 0 aliphatic carbocycles. The van der Waals surface area contributed by atoms with E-state index in [9.17, 15) is 4.39 Å². The van der Waals surface area contributed by atoms with E-state index in [-0.39, 0.29) is 22.9 Å². The summed E-state index contributed by atoms with van der Waals surface area (Å²) < 4.78 is 14.2. The van der Waals surface area contributed by atoms with E-state index in [0.29, 0.717) is 0 Å². The summed E-state index contributed by atoms with van der Waals surface area (Å²) in [5, 5.41) is 3.64. The molecule has 2 aromatic rings. The lowest BCUT2D eigenvalue weighted by molar-refractivity contribution is 0.494. The van der Waals surface area contributed by atoms with Crippen molar-refractivity contribution in [2.45, 2.75) is 25.9 Å². The second kappa shape index (κ2) is 6.70. The molecule has 0 spiro atoms. The molecular formula is C16H16BrClFN. The Bertz CT molecular complexity index is 603. The van der Waals surface area contributed by atoms with Crippen molar-refractivity contribution >= 4 is 27.5 Å². The first kappa shape index (κ1) is 15.5. The molecular weight excluding hydrogens is 341 g/mol. The third-order valence-electron chi connectivity index (χ3n) is 3.29. The van der Waals surface area contributed by atoms with Crippen LogP contribution in [-0.2, 0) is 0 Å². The first-order chi connectivity index (χ1) is 9.47. The van der Waals surface area contributed by atoms with Crippen molar-refractivity contribution in [3.05, 3.63) is 68.9 Å². The molecule has 20 heavy (non-hydrogen) atoms. The number of nitrogens with one attached hydrogen (secondary N) is 1. The van der Waals surface area contributed by atoms with Crippen molar-refractivity contribution in [3.63, 3.8) is 0 Å². The fourth-order valence-corrected chi connectivity index (χ4v) is 2.73. The van der Waals surface area contributed by atoms with Gasteiger partial charge in [0.25, 0.3) is 0 Å². The van der Waals surface area contributed by atoms with Crippen LogP contribution >= 0.6 is 27.5 Å². The Hall–Kier alpha value is -0.900. The molecule has 0 fully saturated rings. The van der Waals surface area contributed by atoms with E-state index >= 15 is 0 Å². The summed E-state index contributed by atoms with van der Waals surface area (Å²) in [7, 11) is 0. The van der Waals surface area contributed by atoms with Gasteiger partial charge < -0.3 is 5.32 Å². The normalized spacial score (nSPS) is 14.1. The van der Waals surface area contributed by atoms with E-state index in [2.05, 4.69) is 40.3 Å². The zero-order chi connectivity index (χ0) is 14.7. The van der Waals surface area contributed by atoms with Crippen LogP contribution in [0.4, 0.5) is 4.39 Å². The molecule has 2 rings (SSSR count). The van der Waals surface area contributed by atoms with Gasteiger partial charge >= 0.3 is 0 Å². The van der Waals surface area contributed by atoms with Crippen molar-refractivity contribution in [2.75, 3.05) is 0 Å². The van der Waals surface area contributed by atoms with Gasteiger partial charge in [0.1, 0.15) is 5.82 Å². The summed E-state index contributed by atoms with van der Waals surface area (Å²) in [5.74, 6) is -0.386. The molecule has 0 aliphatic rings. The van der Waals surface area contributed by atoms with Crippen molar-refractivity contribution in [3.8, 4) is 0 Å². The summed E-state index contributed by atoms with van der Waals surface area (Å²) in [6.07, 6.45) is 0. The van der Waals surface area contributed by atoms with Crippen molar-refractivity contribution in [1.82, 2.24) is 5.32 Å². The lowest BCUT2D eigenvalue weighted by Crippen LogP contribution is -2.22. The number of rotatable bonds is 4. The average Bonchev–Trinajstić information content (AvgIpc) is 2.41. The van der Waals surface area contributed by atoms with Gasteiger partial charge in [-0.15, -0.1) is 0 Å². The maximum absolute atomic E-state index is 13.2. The highest BCUT2D eigenvalue weighted by Crippen LogP contribution is 2.24. The minimum Gasteiger partial charge on any atom is -0.304 e. The van der Waals surface area contributed by atoms with Crippen LogP contribution in [0, 0.1) is 5.82 Å². The lowest BCUT2D eigenvalue weighted by atomic mass is 10.0. The molecule has 1 N–H and O–H groups in total. The van der Waals surface area contributed by atoms with Crippen molar-refractivity contribution in [2.24, 2.45) is 0 Å². The lowest BCUT2D eigenvalue weighted by Gasteiger charge is -2.21. The molecule has 0 saturated carbocycles. The van der Waals surface area contributed by atoms with Crippen LogP contribution in [0.25, 0.3) is 0 Å². The van der Waals surface area contributed by atoms with Crippen molar-refractivity contribution in [1.29, 1.82) is 0 Å². The fraction of sp³-hybridized carbons (Fsp3) is 0.250. The highest BCUT2D eigenvalue weighted by Gasteiger charge is 2.12. The Morgan fingerprint density at radius 3 is 2.30 bits per heavy atom. The van der Waals surface area contributed by atoms with Gasteiger partial charge in [-0.3, -0.25) is 0 Å². The molecule has 0 aromatic heterocycles. The topological polar surface area (TPSA) is 12.0 Å². The standard InChI is InChI=1S/C16H16BrClFN/c1-10(12-4-3-5-14(17)8-12)20-11(2)13-6-7-16(19)15(18)9-13/h3-11,20H,1-2H3. The van der Waals surface area contributed by atoms with Crippen LogP contribution in [0.3, 0.4) is 0 Å². The number of hydrogen-bond acceptors (Lipinski definition) is 1. The number of benzene rings is 2. The number of hydrogen-bond donors (Lipinski definition) is 1. The highest BCUT2D eigenvalue weighted by molar-refractivity contribution is 9.10. The molecule has 2 aromatic carbocycles. The van der Waals surface area contributed by atoms with Gasteiger partial charge in [-0.25, -0.2) is 4.39 Å². The van der Waals surface area contributed by atoms with E-state index in [0.717, 1.165) is 10.0 Å². The Morgan fingerprint density at radius 1 is 1.05 bits per heavy atom. The average molecular weight is 357 g/mol. The van der Waals surface area contributed by atoms with Gasteiger partial charge in [-0.2, -0.15) is 0 Å². The summed E-state index contributed by atoms with van der Waals surface area (Å²) in [6, 6.07) is 13.3. The minimum absolute atomic E-state index is 0.0853. The fourth-order valence-electron chi connectivity index (χ4n) is 2.13. The molecule has 2 unspecified atom stereocenters. The first-order valence-electron chi connectivity index (χ1n) is 6.44. The van der Waals surface area contributed by atoms with Crippen LogP contribution in [0.15, 0.2) is 46.9 Å². The smallest absolute Gasteiger partial charge is 0.141 e. The molecule has 106 valence electrons. The molecule has 2 atom stereocenters. The molecule has 4 heteroatoms. The minimum atomic E-state index is -0.386. The van der Waals surface area contributed by atoms with E-state index < -0.39 is 0 Å². The van der Waals surface area contributed by atoms with E-state index in [4.69, 9.17) is 11.6 Å². The van der Waals surface area contributed by atoms with Crippen LogP contribution in [0.1, 0.15) is 37.1 Å². The Morgan fingerprint density at radius 2 is 1.70 bits per heavy atom. The van der Waals surface area contributed by atoms with Crippen LogP contribution in [0.5, 0.6) is 0 Å². The number of halogens is 3. The summed E-state index contributed by atoms with van der Waals surface area (Å²) in [6.45, 7) is 4.14. The quantitative estimate of drug-likeness (QED) is 0.746. The van der Waals surface area contributed by atoms with Gasteiger partial charge in [0.05, 0.1) is 5.02 Å². The molecule has 0 saturated heterocycles. The predicted molar refractivity (Wildman–Crippen MR) is 85.5 cm³/mol. The van der Waals surface area contributed by atoms with Crippen molar-refractivity contribution < 1.29 is 4.39 Å². The molecule has 0 heterocycles. The highest BCUT2D eigenvalue weighted by atomic mass is 79.9. The summed E-state index contributed by atoms with van der Waals surface area (Å²) in [5.41, 5.74) is 2.16. The maximum atomic E-state index is 13.2. The van der Waals surface area contributed by atoms with Gasteiger partial charge in [0, 0.05) is 16.6 Å². The van der Waals surface area contributed by atoms with Gasteiger partial charge in [-0.05, 0) is 49.2 Å². The largest absolute Gasteiger partial charge is 0.304 e. The van der Waals surface area contributed by atoms with Gasteiger partial charge in [0.15, 0.2) is 0 Å². The first-order valence-corrected chi connectivity index (χ1v) is 7.61. The SMILES string of the molecule is CC(NC(C)c1ccc(F)c(Cl)c1)c1cccc(Br)c1.